The maximum Gasteiger partial charge on any atom is 0.251 e. The average molecular weight is 287 g/mol. The first-order valence-electron chi connectivity index (χ1n) is 7.02. The molecule has 0 aliphatic heterocycles. The highest BCUT2D eigenvalue weighted by atomic mass is 16.3. The molecule has 7 heteroatoms. The molecule has 0 saturated heterocycles. The zero-order chi connectivity index (χ0) is 14.7. The predicted molar refractivity (Wildman–Crippen MR) is 75.3 cm³/mol. The van der Waals surface area contributed by atoms with E-state index in [1.807, 2.05) is 6.07 Å². The third-order valence-corrected chi connectivity index (χ3v) is 3.79. The van der Waals surface area contributed by atoms with Gasteiger partial charge in [0.1, 0.15) is 0 Å². The van der Waals surface area contributed by atoms with Gasteiger partial charge in [-0.15, -0.1) is 10.2 Å². The molecular formula is C14H17N5O2. The van der Waals surface area contributed by atoms with Crippen molar-refractivity contribution in [2.45, 2.75) is 25.4 Å². The minimum atomic E-state index is -0.214. The van der Waals surface area contributed by atoms with E-state index in [4.69, 9.17) is 0 Å². The lowest BCUT2D eigenvalue weighted by Crippen LogP contribution is -2.28. The number of tetrazole rings is 1. The van der Waals surface area contributed by atoms with Gasteiger partial charge >= 0.3 is 0 Å². The maximum absolute atomic E-state index is 12.2. The van der Waals surface area contributed by atoms with Gasteiger partial charge in [-0.05, 0) is 42.5 Å². The third kappa shape index (κ3) is 3.25. The number of aliphatic hydroxyl groups is 1. The first-order valence-corrected chi connectivity index (χ1v) is 7.02. The van der Waals surface area contributed by atoms with Crippen molar-refractivity contribution in [1.82, 2.24) is 25.9 Å². The third-order valence-electron chi connectivity index (χ3n) is 3.79. The Morgan fingerprint density at radius 3 is 3.05 bits per heavy atom. The van der Waals surface area contributed by atoms with Crippen molar-refractivity contribution in [2.24, 2.45) is 5.92 Å². The second-order valence-electron chi connectivity index (χ2n) is 5.36. The van der Waals surface area contributed by atoms with Crippen molar-refractivity contribution in [2.75, 3.05) is 6.54 Å². The molecule has 0 radical (unpaired) electrons. The van der Waals surface area contributed by atoms with Crippen molar-refractivity contribution in [3.05, 3.63) is 29.8 Å². The van der Waals surface area contributed by atoms with Crippen molar-refractivity contribution in [1.29, 1.82) is 0 Å². The van der Waals surface area contributed by atoms with Gasteiger partial charge in [0.15, 0.2) is 0 Å². The lowest BCUT2D eigenvalue weighted by atomic mass is 10.1. The highest BCUT2D eigenvalue weighted by Gasteiger charge is 2.23. The fourth-order valence-corrected chi connectivity index (χ4v) is 2.66. The van der Waals surface area contributed by atoms with E-state index < -0.39 is 0 Å². The molecule has 21 heavy (non-hydrogen) atoms. The highest BCUT2D eigenvalue weighted by Crippen LogP contribution is 2.24. The average Bonchev–Trinajstić information content (AvgIpc) is 3.16. The van der Waals surface area contributed by atoms with Crippen molar-refractivity contribution in [3.8, 4) is 11.4 Å². The largest absolute Gasteiger partial charge is 0.393 e. The normalized spacial score (nSPS) is 21.4. The number of aliphatic hydroxyl groups excluding tert-OH is 1. The molecule has 1 heterocycles. The summed E-state index contributed by atoms with van der Waals surface area (Å²) in [4.78, 5) is 12.2. The van der Waals surface area contributed by atoms with E-state index in [0.29, 0.717) is 23.9 Å². The molecule has 1 aliphatic rings. The molecular weight excluding hydrogens is 270 g/mol. The minimum Gasteiger partial charge on any atom is -0.393 e. The first-order chi connectivity index (χ1) is 10.2. The molecule has 3 rings (SSSR count). The van der Waals surface area contributed by atoms with E-state index >= 15 is 0 Å². The molecule has 7 nitrogen and oxygen atoms in total. The summed E-state index contributed by atoms with van der Waals surface area (Å²) in [5.74, 6) is 0.703. The molecule has 2 atom stereocenters. The number of carbonyl (C=O) groups is 1. The van der Waals surface area contributed by atoms with E-state index in [1.54, 1.807) is 18.2 Å². The molecule has 1 aliphatic carbocycles. The zero-order valence-electron chi connectivity index (χ0n) is 11.5. The highest BCUT2D eigenvalue weighted by molar-refractivity contribution is 5.95. The van der Waals surface area contributed by atoms with Crippen LogP contribution in [0, 0.1) is 5.92 Å². The summed E-state index contributed by atoms with van der Waals surface area (Å²) in [6, 6.07) is 7.11. The van der Waals surface area contributed by atoms with Gasteiger partial charge in [-0.3, -0.25) is 4.79 Å². The lowest BCUT2D eigenvalue weighted by Gasteiger charge is -2.11. The number of nitrogens with zero attached hydrogens (tertiary/aromatic N) is 3. The minimum absolute atomic E-state index is 0.123. The van der Waals surface area contributed by atoms with Crippen molar-refractivity contribution >= 4 is 5.91 Å². The van der Waals surface area contributed by atoms with Gasteiger partial charge < -0.3 is 10.4 Å². The predicted octanol–water partition coefficient (Wildman–Crippen LogP) is 0.757. The van der Waals surface area contributed by atoms with Crippen LogP contribution in [0.15, 0.2) is 24.3 Å². The van der Waals surface area contributed by atoms with Crippen LogP contribution in [0.25, 0.3) is 11.4 Å². The molecule has 3 N–H and O–H groups in total. The Balaban J connectivity index is 1.63. The Kier molecular flexibility index (Phi) is 3.92. The second-order valence-corrected chi connectivity index (χ2v) is 5.36. The van der Waals surface area contributed by atoms with Gasteiger partial charge in [-0.1, -0.05) is 12.1 Å². The molecule has 1 fully saturated rings. The fraction of sp³-hybridized carbons (Fsp3) is 0.429. The Labute approximate surface area is 121 Å². The number of benzene rings is 1. The molecule has 2 unspecified atom stereocenters. The van der Waals surface area contributed by atoms with Gasteiger partial charge in [-0.2, -0.15) is 5.21 Å². The monoisotopic (exact) mass is 287 g/mol. The number of aromatic nitrogens is 4. The Hall–Kier alpha value is -2.28. The summed E-state index contributed by atoms with van der Waals surface area (Å²) in [7, 11) is 0. The summed E-state index contributed by atoms with van der Waals surface area (Å²) in [6.07, 6.45) is 2.34. The number of hydrogen-bond donors (Lipinski definition) is 3. The summed E-state index contributed by atoms with van der Waals surface area (Å²) < 4.78 is 0. The van der Waals surface area contributed by atoms with E-state index in [9.17, 15) is 9.90 Å². The van der Waals surface area contributed by atoms with Crippen molar-refractivity contribution in [3.63, 3.8) is 0 Å². The first kappa shape index (κ1) is 13.7. The summed E-state index contributed by atoms with van der Waals surface area (Å²) >= 11 is 0. The van der Waals surface area contributed by atoms with Crippen LogP contribution in [-0.2, 0) is 0 Å². The molecule has 0 bridgehead atoms. The summed E-state index contributed by atoms with van der Waals surface area (Å²) in [5.41, 5.74) is 1.31. The standard InChI is InChI=1S/C14H17N5O2/c20-12-5-4-9(6-12)8-15-14(21)11-3-1-2-10(7-11)13-16-18-19-17-13/h1-3,7,9,12,20H,4-6,8H2,(H,15,21)(H,16,17,18,19). The SMILES string of the molecule is O=C(NCC1CCC(O)C1)c1cccc(-c2nn[nH]n2)c1. The molecule has 1 aromatic carbocycles. The van der Waals surface area contributed by atoms with Gasteiger partial charge in [0.2, 0.25) is 5.82 Å². The summed E-state index contributed by atoms with van der Waals surface area (Å²) in [5, 5.41) is 26.1. The Morgan fingerprint density at radius 1 is 1.43 bits per heavy atom. The van der Waals surface area contributed by atoms with E-state index in [1.165, 1.54) is 0 Å². The molecule has 1 aromatic heterocycles. The van der Waals surface area contributed by atoms with Crippen LogP contribution >= 0.6 is 0 Å². The van der Waals surface area contributed by atoms with Gasteiger partial charge in [0, 0.05) is 17.7 Å². The van der Waals surface area contributed by atoms with Gasteiger partial charge in [0.05, 0.1) is 6.10 Å². The van der Waals surface area contributed by atoms with Crippen LogP contribution < -0.4 is 5.32 Å². The van der Waals surface area contributed by atoms with Crippen LogP contribution in [0.2, 0.25) is 0 Å². The number of amides is 1. The zero-order valence-corrected chi connectivity index (χ0v) is 11.5. The van der Waals surface area contributed by atoms with Crippen LogP contribution in [0.3, 0.4) is 0 Å². The van der Waals surface area contributed by atoms with Crippen molar-refractivity contribution < 1.29 is 9.90 Å². The maximum atomic E-state index is 12.2. The van der Waals surface area contributed by atoms with E-state index in [-0.39, 0.29) is 12.0 Å². The Bertz CT molecular complexity index is 614. The lowest BCUT2D eigenvalue weighted by molar-refractivity contribution is 0.0945. The number of H-pyrrole nitrogens is 1. The molecule has 0 spiro atoms. The molecule has 2 aromatic rings. The Morgan fingerprint density at radius 2 is 2.33 bits per heavy atom. The number of hydrogen-bond acceptors (Lipinski definition) is 5. The number of carbonyl (C=O) groups excluding carboxylic acids is 1. The van der Waals surface area contributed by atoms with Crippen LogP contribution in [0.1, 0.15) is 29.6 Å². The second kappa shape index (κ2) is 6.01. The smallest absolute Gasteiger partial charge is 0.251 e. The number of rotatable bonds is 4. The van der Waals surface area contributed by atoms with E-state index in [0.717, 1.165) is 24.8 Å². The van der Waals surface area contributed by atoms with Crippen LogP contribution in [0.4, 0.5) is 0 Å². The topological polar surface area (TPSA) is 104 Å². The molecule has 110 valence electrons. The van der Waals surface area contributed by atoms with E-state index in [2.05, 4.69) is 25.9 Å². The summed E-state index contributed by atoms with van der Waals surface area (Å²) in [6.45, 7) is 0.600. The van der Waals surface area contributed by atoms with Crippen LogP contribution in [-0.4, -0.2) is 44.3 Å². The quantitative estimate of drug-likeness (QED) is 0.770. The van der Waals surface area contributed by atoms with Crippen LogP contribution in [0.5, 0.6) is 0 Å². The fourth-order valence-electron chi connectivity index (χ4n) is 2.66. The van der Waals surface area contributed by atoms with Gasteiger partial charge in [-0.25, -0.2) is 0 Å². The number of nitrogens with one attached hydrogen (secondary N) is 2. The molecule has 1 amide bonds. The molecule has 1 saturated carbocycles. The van der Waals surface area contributed by atoms with Gasteiger partial charge in [0.25, 0.3) is 5.91 Å². The number of aromatic amines is 1.